The van der Waals surface area contributed by atoms with Crippen molar-refractivity contribution in [2.24, 2.45) is 17.8 Å². The molecule has 4 unspecified atom stereocenters. The van der Waals surface area contributed by atoms with Crippen LogP contribution in [0.4, 0.5) is 4.39 Å². The molecule has 4 atom stereocenters. The van der Waals surface area contributed by atoms with Crippen LogP contribution < -0.4 is 0 Å². The Kier molecular flexibility index (Phi) is 4.84. The van der Waals surface area contributed by atoms with E-state index in [-0.39, 0.29) is 35.6 Å². The highest BCUT2D eigenvalue weighted by Crippen LogP contribution is 2.42. The van der Waals surface area contributed by atoms with Crippen molar-refractivity contribution in [3.63, 3.8) is 0 Å². The predicted molar refractivity (Wildman–Crippen MR) is 96.6 cm³/mol. The average molecular weight is 359 g/mol. The van der Waals surface area contributed by atoms with E-state index in [9.17, 15) is 9.18 Å². The fraction of sp³-hybridized carbons (Fsp3) is 0.571. The number of halogens is 1. The molecule has 1 aliphatic carbocycles. The van der Waals surface area contributed by atoms with Gasteiger partial charge in [0.05, 0.1) is 30.6 Å². The monoisotopic (exact) mass is 359 g/mol. The van der Waals surface area contributed by atoms with Gasteiger partial charge in [-0.15, -0.1) is 0 Å². The molecule has 3 aliphatic rings. The number of carbonyl (C=O) groups is 1. The molecule has 2 heterocycles. The second-order valence-corrected chi connectivity index (χ2v) is 8.09. The summed E-state index contributed by atoms with van der Waals surface area (Å²) in [5.74, 6) is 0.163. The number of nitrogens with zero attached hydrogens (tertiary/aromatic N) is 1. The van der Waals surface area contributed by atoms with Crippen LogP contribution in [0.25, 0.3) is 5.57 Å². The summed E-state index contributed by atoms with van der Waals surface area (Å²) in [6.45, 7) is 6.91. The van der Waals surface area contributed by atoms with Crippen molar-refractivity contribution in [1.82, 2.24) is 4.90 Å². The zero-order valence-electron chi connectivity index (χ0n) is 15.4. The molecule has 0 amide bonds. The summed E-state index contributed by atoms with van der Waals surface area (Å²) in [6.07, 6.45) is 3.05. The van der Waals surface area contributed by atoms with Crippen molar-refractivity contribution in [2.45, 2.75) is 38.9 Å². The topological polar surface area (TPSA) is 38.8 Å². The molecule has 1 saturated heterocycles. The van der Waals surface area contributed by atoms with Crippen LogP contribution in [0, 0.1) is 23.6 Å². The maximum atomic E-state index is 14.1. The molecule has 0 aromatic heterocycles. The Bertz CT molecular complexity index is 717. The summed E-state index contributed by atoms with van der Waals surface area (Å²) in [5.41, 5.74) is 0.693. The van der Waals surface area contributed by atoms with E-state index in [1.165, 1.54) is 12.3 Å². The van der Waals surface area contributed by atoms with Gasteiger partial charge in [-0.3, -0.25) is 9.69 Å². The van der Waals surface area contributed by atoms with Crippen LogP contribution in [0.3, 0.4) is 0 Å². The highest BCUT2D eigenvalue weighted by Gasteiger charge is 2.49. The molecule has 26 heavy (non-hydrogen) atoms. The van der Waals surface area contributed by atoms with E-state index in [1.807, 2.05) is 0 Å². The number of hydrogen-bond acceptors (Lipinski definition) is 4. The highest BCUT2D eigenvalue weighted by atomic mass is 19.1. The van der Waals surface area contributed by atoms with Gasteiger partial charge in [0.1, 0.15) is 11.9 Å². The van der Waals surface area contributed by atoms with Gasteiger partial charge < -0.3 is 9.47 Å². The highest BCUT2D eigenvalue weighted by molar-refractivity contribution is 6.22. The second kappa shape index (κ2) is 7.12. The van der Waals surface area contributed by atoms with E-state index in [1.54, 1.807) is 18.2 Å². The predicted octanol–water partition coefficient (Wildman–Crippen LogP) is 3.48. The molecule has 1 aromatic rings. The summed E-state index contributed by atoms with van der Waals surface area (Å²) in [6, 6.07) is 6.40. The van der Waals surface area contributed by atoms with Crippen molar-refractivity contribution >= 4 is 11.4 Å². The first-order valence-corrected chi connectivity index (χ1v) is 9.53. The Hall–Kier alpha value is -1.72. The van der Waals surface area contributed by atoms with E-state index in [0.29, 0.717) is 23.8 Å². The first kappa shape index (κ1) is 17.7. The van der Waals surface area contributed by atoms with Crippen LogP contribution in [0.5, 0.6) is 0 Å². The lowest BCUT2D eigenvalue weighted by Gasteiger charge is -2.48. The van der Waals surface area contributed by atoms with Crippen molar-refractivity contribution in [3.8, 4) is 0 Å². The fourth-order valence-corrected chi connectivity index (χ4v) is 4.61. The largest absolute Gasteiger partial charge is 0.496 e. The minimum absolute atomic E-state index is 0.00535. The normalized spacial score (nSPS) is 31.8. The van der Waals surface area contributed by atoms with Gasteiger partial charge >= 0.3 is 0 Å². The Morgan fingerprint density at radius 3 is 2.85 bits per heavy atom. The first-order valence-electron chi connectivity index (χ1n) is 9.53. The zero-order valence-corrected chi connectivity index (χ0v) is 15.4. The quantitative estimate of drug-likeness (QED) is 0.828. The third-order valence-electron chi connectivity index (χ3n) is 5.73. The summed E-state index contributed by atoms with van der Waals surface area (Å²) in [5, 5.41) is 0. The lowest BCUT2D eigenvalue weighted by atomic mass is 9.71. The van der Waals surface area contributed by atoms with Crippen LogP contribution in [0.2, 0.25) is 0 Å². The van der Waals surface area contributed by atoms with Gasteiger partial charge in [-0.2, -0.15) is 0 Å². The molecule has 4 nitrogen and oxygen atoms in total. The average Bonchev–Trinajstić information content (AvgIpc) is 2.62. The van der Waals surface area contributed by atoms with Crippen molar-refractivity contribution in [1.29, 1.82) is 0 Å². The van der Waals surface area contributed by atoms with Crippen molar-refractivity contribution in [2.75, 3.05) is 19.8 Å². The smallest absolute Gasteiger partial charge is 0.173 e. The number of rotatable bonds is 3. The number of ether oxygens (including phenoxy) is 2. The summed E-state index contributed by atoms with van der Waals surface area (Å²) >= 11 is 0. The van der Waals surface area contributed by atoms with Gasteiger partial charge in [0, 0.05) is 24.6 Å². The van der Waals surface area contributed by atoms with Crippen molar-refractivity contribution in [3.05, 3.63) is 41.9 Å². The van der Waals surface area contributed by atoms with E-state index < -0.39 is 0 Å². The Labute approximate surface area is 154 Å². The van der Waals surface area contributed by atoms with Crippen LogP contribution in [-0.2, 0) is 14.3 Å². The molecule has 2 fully saturated rings. The summed E-state index contributed by atoms with van der Waals surface area (Å²) in [7, 11) is 0. The number of fused-ring (bicyclic) bond motifs is 3. The standard InChI is InChI=1S/C21H26FNO3/c1-13(2)9-23-10-16-19(26-12-23)8-7-15-20(24)17(11-25-21(15)16)14-5-3-4-6-18(14)22/h3-6,11,13,15-16,19,21H,7-10,12H2,1-2H3. The van der Waals surface area contributed by atoms with Crippen LogP contribution in [0.1, 0.15) is 32.3 Å². The van der Waals surface area contributed by atoms with E-state index in [4.69, 9.17) is 9.47 Å². The molecular formula is C21H26FNO3. The Morgan fingerprint density at radius 1 is 1.27 bits per heavy atom. The van der Waals surface area contributed by atoms with Gasteiger partial charge in [0.2, 0.25) is 0 Å². The Balaban J connectivity index is 1.57. The SMILES string of the molecule is CC(C)CN1COC2CCC3C(=O)C(c4ccccc4F)=COC3C2C1. The number of benzene rings is 1. The minimum atomic E-state index is -0.382. The molecule has 1 saturated carbocycles. The molecular weight excluding hydrogens is 333 g/mol. The third kappa shape index (κ3) is 3.19. The molecule has 0 spiro atoms. The van der Waals surface area contributed by atoms with Gasteiger partial charge in [-0.25, -0.2) is 4.39 Å². The number of carbonyl (C=O) groups excluding carboxylic acids is 1. The molecule has 0 bridgehead atoms. The van der Waals surface area contributed by atoms with Crippen LogP contribution in [0.15, 0.2) is 30.5 Å². The number of ketones is 1. The molecule has 5 heteroatoms. The molecule has 0 N–H and O–H groups in total. The van der Waals surface area contributed by atoms with Crippen LogP contribution >= 0.6 is 0 Å². The summed E-state index contributed by atoms with van der Waals surface area (Å²) < 4.78 is 26.2. The number of allylic oxidation sites excluding steroid dienone is 1. The van der Waals surface area contributed by atoms with Crippen LogP contribution in [-0.4, -0.2) is 42.7 Å². The van der Waals surface area contributed by atoms with E-state index in [2.05, 4.69) is 18.7 Å². The fourth-order valence-electron chi connectivity index (χ4n) is 4.61. The van der Waals surface area contributed by atoms with E-state index in [0.717, 1.165) is 25.9 Å². The number of Topliss-reactive ketones (excluding diaryl/α,β-unsaturated/α-hetero) is 1. The Morgan fingerprint density at radius 2 is 2.08 bits per heavy atom. The summed E-state index contributed by atoms with van der Waals surface area (Å²) in [4.78, 5) is 15.4. The maximum absolute atomic E-state index is 14.1. The van der Waals surface area contributed by atoms with Gasteiger partial charge in [-0.1, -0.05) is 32.0 Å². The third-order valence-corrected chi connectivity index (χ3v) is 5.73. The van der Waals surface area contributed by atoms with Crippen molar-refractivity contribution < 1.29 is 18.7 Å². The zero-order chi connectivity index (χ0) is 18.3. The van der Waals surface area contributed by atoms with Gasteiger partial charge in [0.15, 0.2) is 5.78 Å². The molecule has 140 valence electrons. The molecule has 2 aliphatic heterocycles. The molecule has 4 rings (SSSR count). The first-order chi connectivity index (χ1) is 12.5. The van der Waals surface area contributed by atoms with Gasteiger partial charge in [-0.05, 0) is 24.8 Å². The molecule has 1 aromatic carbocycles. The lowest BCUT2D eigenvalue weighted by Crippen LogP contribution is -2.56. The van der Waals surface area contributed by atoms with E-state index >= 15 is 0 Å². The second-order valence-electron chi connectivity index (χ2n) is 8.09. The lowest BCUT2D eigenvalue weighted by molar-refractivity contribution is -0.171. The molecule has 0 radical (unpaired) electrons. The maximum Gasteiger partial charge on any atom is 0.173 e. The minimum Gasteiger partial charge on any atom is -0.496 e. The number of hydrogen-bond donors (Lipinski definition) is 0. The van der Waals surface area contributed by atoms with Gasteiger partial charge in [0.25, 0.3) is 0 Å².